The van der Waals surface area contributed by atoms with Gasteiger partial charge in [-0.05, 0) is 56.4 Å². The fourth-order valence-corrected chi connectivity index (χ4v) is 4.37. The summed E-state index contributed by atoms with van der Waals surface area (Å²) in [4.78, 5) is 61.9. The molecule has 12 nitrogen and oxygen atoms in total. The van der Waals surface area contributed by atoms with Crippen molar-refractivity contribution < 1.29 is 46.8 Å². The highest BCUT2D eigenvalue weighted by molar-refractivity contribution is 7.85. The molecule has 2 atom stereocenters. The van der Waals surface area contributed by atoms with Gasteiger partial charge in [0.15, 0.2) is 0 Å². The first-order chi connectivity index (χ1) is 16.7. The van der Waals surface area contributed by atoms with Crippen molar-refractivity contribution in [1.29, 1.82) is 0 Å². The normalized spacial score (nSPS) is 12.9. The van der Waals surface area contributed by atoms with E-state index in [-0.39, 0.29) is 42.9 Å². The number of urea groups is 1. The van der Waals surface area contributed by atoms with Gasteiger partial charge in [0.1, 0.15) is 11.8 Å². The Morgan fingerprint density at radius 2 is 1.67 bits per heavy atom. The largest absolute Gasteiger partial charge is 0.480 e. The number of hydrogen-bond acceptors (Lipinski definition) is 8. The van der Waals surface area contributed by atoms with Crippen LogP contribution < -0.4 is 5.32 Å². The van der Waals surface area contributed by atoms with Gasteiger partial charge in [-0.15, -0.1) is 0 Å². The lowest BCUT2D eigenvalue weighted by atomic mass is 9.99. The van der Waals surface area contributed by atoms with E-state index in [1.807, 2.05) is 0 Å². The predicted molar refractivity (Wildman–Crippen MR) is 129 cm³/mol. The van der Waals surface area contributed by atoms with Crippen molar-refractivity contribution in [2.75, 3.05) is 18.2 Å². The molecule has 0 aliphatic carbocycles. The van der Waals surface area contributed by atoms with Crippen molar-refractivity contribution in [2.45, 2.75) is 52.5 Å². The molecule has 1 rings (SSSR count). The van der Waals surface area contributed by atoms with Crippen molar-refractivity contribution in [3.63, 3.8) is 0 Å². The number of benzene rings is 1. The molecule has 0 saturated carbocycles. The summed E-state index contributed by atoms with van der Waals surface area (Å²) in [5.74, 6) is -5.33. The standard InChI is InChI=1S/C23H32N2O10S/c1-14(2)12-19(21(28)29)25(20(27)7-5-6-17(15(3)26)13-36(32,33)34)23(31)24-18-10-8-16(9-11-18)22(30)35-4/h8-11,14,17,19H,5-7,12-13H2,1-4H3,(H,24,31)(H,28,29)(H,32,33,34)/t17?,19-/m0/s1. The zero-order valence-electron chi connectivity index (χ0n) is 20.6. The molecule has 0 heterocycles. The van der Waals surface area contributed by atoms with Crippen LogP contribution in [0, 0.1) is 11.8 Å². The lowest BCUT2D eigenvalue weighted by Gasteiger charge is -2.28. The van der Waals surface area contributed by atoms with E-state index in [2.05, 4.69) is 10.1 Å². The fourth-order valence-electron chi connectivity index (χ4n) is 3.46. The van der Waals surface area contributed by atoms with Crippen molar-refractivity contribution in [3.05, 3.63) is 29.8 Å². The zero-order chi connectivity index (χ0) is 27.6. The van der Waals surface area contributed by atoms with Crippen LogP contribution in [-0.2, 0) is 29.2 Å². The first-order valence-corrected chi connectivity index (χ1v) is 12.8. The predicted octanol–water partition coefficient (Wildman–Crippen LogP) is 2.60. The molecule has 0 aliphatic heterocycles. The van der Waals surface area contributed by atoms with Gasteiger partial charge in [-0.1, -0.05) is 13.8 Å². The second-order valence-electron chi connectivity index (χ2n) is 8.69. The number of ether oxygens (including phenoxy) is 1. The molecule has 0 aromatic heterocycles. The summed E-state index contributed by atoms with van der Waals surface area (Å²) in [6, 6.07) is 3.06. The number of rotatable bonds is 13. The third-order valence-corrected chi connectivity index (χ3v) is 6.09. The third-order valence-electron chi connectivity index (χ3n) is 5.27. The Morgan fingerprint density at radius 1 is 1.08 bits per heavy atom. The van der Waals surface area contributed by atoms with Crippen molar-refractivity contribution in [3.8, 4) is 0 Å². The van der Waals surface area contributed by atoms with Crippen molar-refractivity contribution >= 4 is 45.5 Å². The molecule has 1 unspecified atom stereocenters. The van der Waals surface area contributed by atoms with E-state index in [0.29, 0.717) is 4.90 Å². The van der Waals surface area contributed by atoms with E-state index in [1.54, 1.807) is 13.8 Å². The van der Waals surface area contributed by atoms with Crippen LogP contribution in [0.3, 0.4) is 0 Å². The Bertz CT molecular complexity index is 1070. The minimum atomic E-state index is -4.42. The Balaban J connectivity index is 3.09. The zero-order valence-corrected chi connectivity index (χ0v) is 21.4. The van der Waals surface area contributed by atoms with E-state index in [4.69, 9.17) is 4.55 Å². The molecule has 0 spiro atoms. The van der Waals surface area contributed by atoms with E-state index in [1.165, 1.54) is 31.4 Å². The molecule has 0 bridgehead atoms. The number of nitrogens with one attached hydrogen (secondary N) is 1. The Kier molecular flexibility index (Phi) is 11.7. The van der Waals surface area contributed by atoms with Gasteiger partial charge in [0, 0.05) is 18.0 Å². The topological polar surface area (TPSA) is 184 Å². The van der Waals surface area contributed by atoms with E-state index >= 15 is 0 Å². The molecule has 3 N–H and O–H groups in total. The molecule has 0 saturated heterocycles. The number of esters is 1. The summed E-state index contributed by atoms with van der Waals surface area (Å²) in [7, 11) is -3.21. The molecular weight excluding hydrogens is 496 g/mol. The smallest absolute Gasteiger partial charge is 0.337 e. The highest BCUT2D eigenvalue weighted by atomic mass is 32.2. The van der Waals surface area contributed by atoms with Crippen LogP contribution in [0.1, 0.15) is 56.8 Å². The summed E-state index contributed by atoms with van der Waals surface area (Å²) in [5.41, 5.74) is 0.417. The maximum Gasteiger partial charge on any atom is 0.337 e. The SMILES string of the molecule is COC(=O)c1ccc(NC(=O)N(C(=O)CCCC(CS(=O)(=O)O)C(C)=O)[C@@H](CC(C)C)C(=O)O)cc1. The van der Waals surface area contributed by atoms with Gasteiger partial charge >= 0.3 is 18.0 Å². The number of imide groups is 1. The van der Waals surface area contributed by atoms with Crippen LogP contribution in [0.4, 0.5) is 10.5 Å². The lowest BCUT2D eigenvalue weighted by molar-refractivity contribution is -0.148. The maximum atomic E-state index is 13.0. The van der Waals surface area contributed by atoms with E-state index in [0.717, 1.165) is 6.92 Å². The number of carbonyl (C=O) groups is 5. The minimum absolute atomic E-state index is 0.0192. The number of nitrogens with zero attached hydrogens (tertiary/aromatic N) is 1. The van der Waals surface area contributed by atoms with Gasteiger partial charge in [-0.25, -0.2) is 19.3 Å². The highest BCUT2D eigenvalue weighted by Gasteiger charge is 2.35. The average molecular weight is 529 g/mol. The van der Waals surface area contributed by atoms with Crippen LogP contribution in [0.2, 0.25) is 0 Å². The summed E-state index contributed by atoms with van der Waals surface area (Å²) >= 11 is 0. The van der Waals surface area contributed by atoms with Crippen molar-refractivity contribution in [1.82, 2.24) is 4.90 Å². The Morgan fingerprint density at radius 3 is 2.11 bits per heavy atom. The molecule has 0 radical (unpaired) electrons. The summed E-state index contributed by atoms with van der Waals surface area (Å²) in [6.45, 7) is 4.62. The lowest BCUT2D eigenvalue weighted by Crippen LogP contribution is -2.51. The Hall–Kier alpha value is -3.32. The molecular formula is C23H32N2O10S. The van der Waals surface area contributed by atoms with Crippen LogP contribution in [0.15, 0.2) is 24.3 Å². The molecule has 0 aliphatic rings. The molecule has 36 heavy (non-hydrogen) atoms. The number of carboxylic acid groups (broad SMARTS) is 1. The van der Waals surface area contributed by atoms with Crippen LogP contribution in [0.25, 0.3) is 0 Å². The minimum Gasteiger partial charge on any atom is -0.480 e. The average Bonchev–Trinajstić information content (AvgIpc) is 2.76. The monoisotopic (exact) mass is 528 g/mol. The second kappa shape index (κ2) is 13.7. The highest BCUT2D eigenvalue weighted by Crippen LogP contribution is 2.19. The third kappa shape index (κ3) is 10.1. The first kappa shape index (κ1) is 30.7. The molecule has 3 amide bonds. The van der Waals surface area contributed by atoms with E-state index in [9.17, 15) is 37.5 Å². The number of carboxylic acids is 1. The number of Topliss-reactive ketones (excluding diaryl/α,β-unsaturated/α-hetero) is 1. The number of anilines is 1. The number of amides is 3. The van der Waals surface area contributed by atoms with Crippen molar-refractivity contribution in [2.24, 2.45) is 11.8 Å². The summed E-state index contributed by atoms with van der Waals surface area (Å²) in [5, 5.41) is 12.2. The molecule has 13 heteroatoms. The van der Waals surface area contributed by atoms with Gasteiger partial charge < -0.3 is 15.2 Å². The fraction of sp³-hybridized carbons (Fsp3) is 0.522. The number of methoxy groups -OCH3 is 1. The van der Waals surface area contributed by atoms with E-state index < -0.39 is 57.5 Å². The molecule has 0 fully saturated rings. The maximum absolute atomic E-state index is 13.0. The number of carbonyl (C=O) groups excluding carboxylic acids is 4. The Labute approximate surface area is 209 Å². The van der Waals surface area contributed by atoms with Crippen LogP contribution in [0.5, 0.6) is 0 Å². The summed E-state index contributed by atoms with van der Waals surface area (Å²) in [6.07, 6.45) is -0.447. The molecule has 1 aromatic carbocycles. The van der Waals surface area contributed by atoms with Crippen LogP contribution in [-0.4, -0.2) is 71.5 Å². The number of ketones is 1. The van der Waals surface area contributed by atoms with Gasteiger partial charge in [0.05, 0.1) is 18.4 Å². The molecule has 1 aromatic rings. The van der Waals surface area contributed by atoms with Gasteiger partial charge in [0.2, 0.25) is 5.91 Å². The second-order valence-corrected chi connectivity index (χ2v) is 10.2. The number of aliphatic carboxylic acids is 1. The number of hydrogen-bond donors (Lipinski definition) is 3. The summed E-state index contributed by atoms with van der Waals surface area (Å²) < 4.78 is 35.9. The quantitative estimate of drug-likeness (QED) is 0.254. The van der Waals surface area contributed by atoms with Gasteiger partial charge in [0.25, 0.3) is 10.1 Å². The van der Waals surface area contributed by atoms with Crippen LogP contribution >= 0.6 is 0 Å². The van der Waals surface area contributed by atoms with Gasteiger partial charge in [-0.3, -0.25) is 14.1 Å². The van der Waals surface area contributed by atoms with Gasteiger partial charge in [-0.2, -0.15) is 8.42 Å². The first-order valence-electron chi connectivity index (χ1n) is 11.2. The molecule has 200 valence electrons.